The van der Waals surface area contributed by atoms with Gasteiger partial charge < -0.3 is 10.5 Å². The molecular formula is C13H22N2O3S. The highest BCUT2D eigenvalue weighted by Gasteiger charge is 2.20. The Kier molecular flexibility index (Phi) is 5.34. The first-order valence-electron chi connectivity index (χ1n) is 6.13. The van der Waals surface area contributed by atoms with Crippen molar-refractivity contribution in [3.8, 4) is 0 Å². The Morgan fingerprint density at radius 1 is 1.32 bits per heavy atom. The lowest BCUT2D eigenvalue weighted by molar-refractivity contribution is 0.161. The second kappa shape index (κ2) is 6.36. The molecule has 0 bridgehead atoms. The Morgan fingerprint density at radius 2 is 1.84 bits per heavy atom. The van der Waals surface area contributed by atoms with Crippen LogP contribution >= 0.6 is 0 Å². The minimum atomic E-state index is -3.51. The number of benzene rings is 1. The Bertz CT molecular complexity index is 518. The van der Waals surface area contributed by atoms with E-state index < -0.39 is 10.0 Å². The summed E-state index contributed by atoms with van der Waals surface area (Å²) in [6.07, 6.45) is 0. The molecule has 0 saturated carbocycles. The Hall–Kier alpha value is -1.11. The number of sulfonamides is 1. The number of ether oxygens (including phenoxy) is 1. The van der Waals surface area contributed by atoms with Gasteiger partial charge in [0.25, 0.3) is 0 Å². The fourth-order valence-electron chi connectivity index (χ4n) is 2.08. The van der Waals surface area contributed by atoms with Crippen LogP contribution in [0.15, 0.2) is 17.0 Å². The molecule has 0 radical (unpaired) electrons. The van der Waals surface area contributed by atoms with Crippen molar-refractivity contribution in [3.05, 3.63) is 23.3 Å². The SMILES string of the molecule is COCC(C)CNS(=O)(=O)c1c(C)cc(N)cc1C. The van der Waals surface area contributed by atoms with E-state index in [4.69, 9.17) is 10.5 Å². The number of rotatable bonds is 6. The van der Waals surface area contributed by atoms with E-state index in [1.165, 1.54) is 0 Å². The number of hydrogen-bond donors (Lipinski definition) is 2. The zero-order valence-electron chi connectivity index (χ0n) is 11.9. The molecule has 19 heavy (non-hydrogen) atoms. The lowest BCUT2D eigenvalue weighted by Gasteiger charge is -2.15. The standard InChI is InChI=1S/C13H22N2O3S/c1-9(8-18-4)7-15-19(16,17)13-10(2)5-12(14)6-11(13)3/h5-6,9,15H,7-8,14H2,1-4H3. The number of nitrogens with two attached hydrogens (primary N) is 1. The molecule has 5 nitrogen and oxygen atoms in total. The highest BCUT2D eigenvalue weighted by Crippen LogP contribution is 2.22. The molecule has 0 saturated heterocycles. The molecule has 1 aromatic carbocycles. The van der Waals surface area contributed by atoms with Gasteiger partial charge in [-0.05, 0) is 43.0 Å². The molecule has 0 spiro atoms. The fourth-order valence-corrected chi connectivity index (χ4v) is 3.69. The second-order valence-electron chi connectivity index (χ2n) is 4.90. The van der Waals surface area contributed by atoms with Gasteiger partial charge in [-0.25, -0.2) is 13.1 Å². The topological polar surface area (TPSA) is 81.4 Å². The van der Waals surface area contributed by atoms with E-state index in [9.17, 15) is 8.42 Å². The van der Waals surface area contributed by atoms with Crippen LogP contribution in [-0.2, 0) is 14.8 Å². The van der Waals surface area contributed by atoms with Crippen LogP contribution in [0.25, 0.3) is 0 Å². The number of nitrogen functional groups attached to an aromatic ring is 1. The van der Waals surface area contributed by atoms with Gasteiger partial charge in [-0.1, -0.05) is 6.92 Å². The minimum Gasteiger partial charge on any atom is -0.399 e. The van der Waals surface area contributed by atoms with Crippen molar-refractivity contribution >= 4 is 15.7 Å². The monoisotopic (exact) mass is 286 g/mol. The number of aryl methyl sites for hydroxylation is 2. The summed E-state index contributed by atoms with van der Waals surface area (Å²) in [6, 6.07) is 3.33. The average Bonchev–Trinajstić information content (AvgIpc) is 2.25. The molecular weight excluding hydrogens is 264 g/mol. The van der Waals surface area contributed by atoms with Crippen LogP contribution in [0.3, 0.4) is 0 Å². The average molecular weight is 286 g/mol. The predicted octanol–water partition coefficient (Wildman–Crippen LogP) is 1.45. The van der Waals surface area contributed by atoms with Gasteiger partial charge >= 0.3 is 0 Å². The van der Waals surface area contributed by atoms with Crippen LogP contribution in [0.1, 0.15) is 18.1 Å². The summed E-state index contributed by atoms with van der Waals surface area (Å²) < 4.78 is 32.2. The quantitative estimate of drug-likeness (QED) is 0.775. The molecule has 0 aliphatic carbocycles. The third-order valence-corrected chi connectivity index (χ3v) is 4.55. The molecule has 1 rings (SSSR count). The normalized spacial score (nSPS) is 13.5. The third-order valence-electron chi connectivity index (χ3n) is 2.82. The molecule has 3 N–H and O–H groups in total. The molecule has 6 heteroatoms. The predicted molar refractivity (Wildman–Crippen MR) is 76.6 cm³/mol. The van der Waals surface area contributed by atoms with Gasteiger partial charge in [0.2, 0.25) is 10.0 Å². The summed E-state index contributed by atoms with van der Waals surface area (Å²) in [5, 5.41) is 0. The van der Waals surface area contributed by atoms with Gasteiger partial charge in [0.05, 0.1) is 4.90 Å². The summed E-state index contributed by atoms with van der Waals surface area (Å²) in [5.41, 5.74) is 7.59. The summed E-state index contributed by atoms with van der Waals surface area (Å²) in [4.78, 5) is 0.311. The van der Waals surface area contributed by atoms with E-state index in [1.807, 2.05) is 6.92 Å². The second-order valence-corrected chi connectivity index (χ2v) is 6.60. The smallest absolute Gasteiger partial charge is 0.241 e. The lowest BCUT2D eigenvalue weighted by atomic mass is 10.1. The highest BCUT2D eigenvalue weighted by atomic mass is 32.2. The Morgan fingerprint density at radius 3 is 2.32 bits per heavy atom. The minimum absolute atomic E-state index is 0.120. The van der Waals surface area contributed by atoms with Crippen molar-refractivity contribution in [2.24, 2.45) is 5.92 Å². The first kappa shape index (κ1) is 15.9. The lowest BCUT2D eigenvalue weighted by Crippen LogP contribution is -2.31. The van der Waals surface area contributed by atoms with Crippen LogP contribution in [0.5, 0.6) is 0 Å². The molecule has 0 aliphatic heterocycles. The number of hydrogen-bond acceptors (Lipinski definition) is 4. The van der Waals surface area contributed by atoms with Crippen molar-refractivity contribution in [1.82, 2.24) is 4.72 Å². The maximum Gasteiger partial charge on any atom is 0.241 e. The first-order chi connectivity index (χ1) is 8.77. The van der Waals surface area contributed by atoms with Gasteiger partial charge in [-0.2, -0.15) is 0 Å². The Balaban J connectivity index is 2.95. The summed E-state index contributed by atoms with van der Waals surface area (Å²) in [6.45, 7) is 6.28. The Labute approximate surface area is 115 Å². The van der Waals surface area contributed by atoms with Crippen LogP contribution in [0.2, 0.25) is 0 Å². The van der Waals surface area contributed by atoms with Gasteiger partial charge in [0, 0.05) is 25.9 Å². The molecule has 0 heterocycles. The molecule has 0 fully saturated rings. The van der Waals surface area contributed by atoms with Crippen LogP contribution in [-0.4, -0.2) is 28.7 Å². The highest BCUT2D eigenvalue weighted by molar-refractivity contribution is 7.89. The van der Waals surface area contributed by atoms with E-state index in [-0.39, 0.29) is 5.92 Å². The maximum absolute atomic E-state index is 12.3. The van der Waals surface area contributed by atoms with E-state index in [0.29, 0.717) is 34.9 Å². The molecule has 0 amide bonds. The molecule has 0 aromatic heterocycles. The van der Waals surface area contributed by atoms with Crippen molar-refractivity contribution < 1.29 is 13.2 Å². The van der Waals surface area contributed by atoms with Gasteiger partial charge in [-0.15, -0.1) is 0 Å². The largest absolute Gasteiger partial charge is 0.399 e. The van der Waals surface area contributed by atoms with Crippen molar-refractivity contribution in [1.29, 1.82) is 0 Å². The summed E-state index contributed by atoms with van der Waals surface area (Å²) in [5.74, 6) is 0.120. The summed E-state index contributed by atoms with van der Waals surface area (Å²) in [7, 11) is -1.92. The van der Waals surface area contributed by atoms with Crippen molar-refractivity contribution in [2.75, 3.05) is 26.0 Å². The number of anilines is 1. The van der Waals surface area contributed by atoms with E-state index in [2.05, 4.69) is 4.72 Å². The van der Waals surface area contributed by atoms with Gasteiger partial charge in [0.1, 0.15) is 0 Å². The molecule has 1 atom stereocenters. The van der Waals surface area contributed by atoms with Gasteiger partial charge in [-0.3, -0.25) is 0 Å². The molecule has 1 unspecified atom stereocenters. The van der Waals surface area contributed by atoms with Crippen LogP contribution in [0.4, 0.5) is 5.69 Å². The van der Waals surface area contributed by atoms with Gasteiger partial charge in [0.15, 0.2) is 0 Å². The van der Waals surface area contributed by atoms with Crippen LogP contribution in [0, 0.1) is 19.8 Å². The first-order valence-corrected chi connectivity index (χ1v) is 7.61. The molecule has 108 valence electrons. The summed E-state index contributed by atoms with van der Waals surface area (Å²) >= 11 is 0. The fraction of sp³-hybridized carbons (Fsp3) is 0.538. The zero-order chi connectivity index (χ0) is 14.6. The van der Waals surface area contributed by atoms with E-state index in [0.717, 1.165) is 0 Å². The van der Waals surface area contributed by atoms with E-state index >= 15 is 0 Å². The van der Waals surface area contributed by atoms with Crippen molar-refractivity contribution in [2.45, 2.75) is 25.7 Å². The van der Waals surface area contributed by atoms with Crippen LogP contribution < -0.4 is 10.5 Å². The maximum atomic E-state index is 12.3. The zero-order valence-corrected chi connectivity index (χ0v) is 12.7. The van der Waals surface area contributed by atoms with E-state index in [1.54, 1.807) is 33.1 Å². The molecule has 1 aromatic rings. The number of methoxy groups -OCH3 is 1. The molecule has 0 aliphatic rings. The van der Waals surface area contributed by atoms with Crippen molar-refractivity contribution in [3.63, 3.8) is 0 Å². The number of nitrogens with one attached hydrogen (secondary N) is 1. The third kappa shape index (κ3) is 4.19.